The van der Waals surface area contributed by atoms with Crippen LogP contribution in [0.15, 0.2) is 48.5 Å². The second-order valence-electron chi connectivity index (χ2n) is 6.60. The van der Waals surface area contributed by atoms with Crippen LogP contribution in [0.3, 0.4) is 0 Å². The van der Waals surface area contributed by atoms with Crippen LogP contribution in [0.2, 0.25) is 5.02 Å². The Morgan fingerprint density at radius 1 is 1.07 bits per heavy atom. The summed E-state index contributed by atoms with van der Waals surface area (Å²) < 4.78 is 5.03. The van der Waals surface area contributed by atoms with E-state index in [1.165, 1.54) is 6.07 Å². The maximum absolute atomic E-state index is 12.0. The van der Waals surface area contributed by atoms with E-state index >= 15 is 0 Å². The van der Waals surface area contributed by atoms with E-state index in [9.17, 15) is 9.59 Å². The number of carbonyl (C=O) groups is 2. The van der Waals surface area contributed by atoms with Gasteiger partial charge in [0, 0.05) is 42.6 Å². The van der Waals surface area contributed by atoms with E-state index in [-0.39, 0.29) is 12.5 Å². The van der Waals surface area contributed by atoms with Crippen LogP contribution in [-0.2, 0) is 9.53 Å². The molecule has 0 unspecified atom stereocenters. The summed E-state index contributed by atoms with van der Waals surface area (Å²) in [6.07, 6.45) is 0. The molecule has 0 radical (unpaired) electrons. The van der Waals surface area contributed by atoms with Gasteiger partial charge in [-0.25, -0.2) is 4.79 Å². The highest BCUT2D eigenvalue weighted by atomic mass is 35.5. The van der Waals surface area contributed by atoms with Crippen LogP contribution in [0.5, 0.6) is 0 Å². The molecule has 0 aromatic heterocycles. The molecule has 7 heteroatoms. The Balaban J connectivity index is 1.47. The van der Waals surface area contributed by atoms with Gasteiger partial charge in [-0.3, -0.25) is 4.79 Å². The summed E-state index contributed by atoms with van der Waals surface area (Å²) >= 11 is 5.85. The largest absolute Gasteiger partial charge is 0.452 e. The van der Waals surface area contributed by atoms with Crippen LogP contribution in [0.25, 0.3) is 0 Å². The van der Waals surface area contributed by atoms with Crippen molar-refractivity contribution in [1.82, 2.24) is 4.90 Å². The summed E-state index contributed by atoms with van der Waals surface area (Å²) in [6.45, 7) is 7.03. The number of amides is 1. The molecule has 148 valence electrons. The molecular weight excluding hydrogens is 378 g/mol. The molecule has 0 aliphatic carbocycles. The van der Waals surface area contributed by atoms with Crippen LogP contribution in [-0.4, -0.2) is 56.1 Å². The number of nitrogens with zero attached hydrogens (tertiary/aromatic N) is 2. The fourth-order valence-electron chi connectivity index (χ4n) is 3.10. The average molecular weight is 402 g/mol. The molecular formula is C21H24ClN3O3. The molecule has 0 spiro atoms. The number of rotatable bonds is 6. The molecule has 2 aromatic carbocycles. The van der Waals surface area contributed by atoms with E-state index in [4.69, 9.17) is 16.3 Å². The first kappa shape index (κ1) is 20.2. The quantitative estimate of drug-likeness (QED) is 0.752. The molecule has 1 fully saturated rings. The lowest BCUT2D eigenvalue weighted by atomic mass is 10.2. The van der Waals surface area contributed by atoms with E-state index in [0.29, 0.717) is 16.3 Å². The number of ether oxygens (including phenoxy) is 1. The van der Waals surface area contributed by atoms with Crippen LogP contribution < -0.4 is 10.2 Å². The minimum atomic E-state index is -0.584. The Labute approximate surface area is 170 Å². The predicted molar refractivity (Wildman–Crippen MR) is 111 cm³/mol. The van der Waals surface area contributed by atoms with Gasteiger partial charge in [-0.2, -0.15) is 0 Å². The van der Waals surface area contributed by atoms with Gasteiger partial charge in [0.05, 0.1) is 5.56 Å². The van der Waals surface area contributed by atoms with Crippen molar-refractivity contribution < 1.29 is 14.3 Å². The molecule has 28 heavy (non-hydrogen) atoms. The zero-order chi connectivity index (χ0) is 19.9. The first-order valence-corrected chi connectivity index (χ1v) is 9.73. The van der Waals surface area contributed by atoms with Gasteiger partial charge in [-0.1, -0.05) is 24.6 Å². The Morgan fingerprint density at radius 3 is 2.43 bits per heavy atom. The first-order valence-electron chi connectivity index (χ1n) is 9.35. The summed E-state index contributed by atoms with van der Waals surface area (Å²) in [6, 6.07) is 14.1. The molecule has 1 saturated heterocycles. The summed E-state index contributed by atoms with van der Waals surface area (Å²) in [5.41, 5.74) is 2.12. The lowest BCUT2D eigenvalue weighted by molar-refractivity contribution is -0.119. The number of carbonyl (C=O) groups excluding carboxylic acids is 2. The van der Waals surface area contributed by atoms with E-state index in [2.05, 4.69) is 22.0 Å². The van der Waals surface area contributed by atoms with Gasteiger partial charge in [-0.05, 0) is 49.0 Å². The van der Waals surface area contributed by atoms with E-state index in [1.807, 2.05) is 24.3 Å². The molecule has 6 nitrogen and oxygen atoms in total. The number of benzene rings is 2. The first-order chi connectivity index (χ1) is 13.5. The van der Waals surface area contributed by atoms with Crippen LogP contribution in [0, 0.1) is 0 Å². The monoisotopic (exact) mass is 401 g/mol. The van der Waals surface area contributed by atoms with Gasteiger partial charge in [0.15, 0.2) is 6.61 Å². The predicted octanol–water partition coefficient (Wildman–Crippen LogP) is 3.28. The molecule has 3 rings (SSSR count). The third-order valence-corrected chi connectivity index (χ3v) is 4.97. The molecule has 1 N–H and O–H groups in total. The van der Waals surface area contributed by atoms with Crippen molar-refractivity contribution in [2.24, 2.45) is 0 Å². The molecule has 0 bridgehead atoms. The normalized spacial score (nSPS) is 14.6. The van der Waals surface area contributed by atoms with Gasteiger partial charge in [0.2, 0.25) is 0 Å². The number of hydrogen-bond acceptors (Lipinski definition) is 5. The van der Waals surface area contributed by atoms with Crippen molar-refractivity contribution in [2.45, 2.75) is 6.92 Å². The smallest absolute Gasteiger partial charge is 0.338 e. The number of nitrogens with one attached hydrogen (secondary N) is 1. The molecule has 2 aromatic rings. The molecule has 1 amide bonds. The van der Waals surface area contributed by atoms with E-state index in [0.717, 1.165) is 38.4 Å². The number of esters is 1. The van der Waals surface area contributed by atoms with Crippen LogP contribution >= 0.6 is 11.6 Å². The Kier molecular flexibility index (Phi) is 6.90. The highest BCUT2D eigenvalue weighted by Crippen LogP contribution is 2.19. The van der Waals surface area contributed by atoms with Crippen molar-refractivity contribution in [2.75, 3.05) is 49.5 Å². The standard InChI is InChI=1S/C21H24ClN3O3/c1-2-24-10-12-25(13-11-24)19-8-6-18(7-9-19)23-20(26)15-28-21(27)16-4-3-5-17(22)14-16/h3-9,14H,2,10-13,15H2,1H3,(H,23,26). The van der Waals surface area contributed by atoms with Gasteiger partial charge in [0.1, 0.15) is 0 Å². The summed E-state index contributed by atoms with van der Waals surface area (Å²) in [5, 5.41) is 3.18. The van der Waals surface area contributed by atoms with E-state index < -0.39 is 5.97 Å². The van der Waals surface area contributed by atoms with Gasteiger partial charge in [0.25, 0.3) is 5.91 Å². The number of likely N-dealkylation sites (N-methyl/N-ethyl adjacent to an activating group) is 1. The van der Waals surface area contributed by atoms with Crippen molar-refractivity contribution in [3.8, 4) is 0 Å². The highest BCUT2D eigenvalue weighted by molar-refractivity contribution is 6.30. The third kappa shape index (κ3) is 5.47. The highest BCUT2D eigenvalue weighted by Gasteiger charge is 2.16. The lowest BCUT2D eigenvalue weighted by Gasteiger charge is -2.35. The second-order valence-corrected chi connectivity index (χ2v) is 7.04. The minimum Gasteiger partial charge on any atom is -0.452 e. The molecule has 1 heterocycles. The zero-order valence-electron chi connectivity index (χ0n) is 15.9. The summed E-state index contributed by atoms with van der Waals surface area (Å²) in [5.74, 6) is -0.973. The fraction of sp³-hybridized carbons (Fsp3) is 0.333. The second kappa shape index (κ2) is 9.57. The Morgan fingerprint density at radius 2 is 1.79 bits per heavy atom. The average Bonchev–Trinajstić information content (AvgIpc) is 2.72. The van der Waals surface area contributed by atoms with Crippen molar-refractivity contribution in [3.63, 3.8) is 0 Å². The molecule has 0 saturated carbocycles. The fourth-order valence-corrected chi connectivity index (χ4v) is 3.30. The summed E-state index contributed by atoms with van der Waals surface area (Å²) in [4.78, 5) is 28.8. The summed E-state index contributed by atoms with van der Waals surface area (Å²) in [7, 11) is 0. The number of hydrogen-bond donors (Lipinski definition) is 1. The zero-order valence-corrected chi connectivity index (χ0v) is 16.6. The van der Waals surface area contributed by atoms with Gasteiger partial charge < -0.3 is 19.9 Å². The maximum atomic E-state index is 12.0. The molecule has 1 aliphatic rings. The van der Waals surface area contributed by atoms with E-state index in [1.54, 1.807) is 18.2 Å². The van der Waals surface area contributed by atoms with Crippen molar-refractivity contribution in [3.05, 3.63) is 59.1 Å². The molecule has 1 aliphatic heterocycles. The van der Waals surface area contributed by atoms with Crippen LogP contribution in [0.4, 0.5) is 11.4 Å². The maximum Gasteiger partial charge on any atom is 0.338 e. The molecule has 0 atom stereocenters. The topological polar surface area (TPSA) is 61.9 Å². The van der Waals surface area contributed by atoms with Gasteiger partial charge in [-0.15, -0.1) is 0 Å². The Hall–Kier alpha value is -2.57. The number of piperazine rings is 1. The van der Waals surface area contributed by atoms with Crippen molar-refractivity contribution >= 4 is 34.9 Å². The minimum absolute atomic E-state index is 0.313. The third-order valence-electron chi connectivity index (χ3n) is 4.73. The Bertz CT molecular complexity index is 818. The lowest BCUT2D eigenvalue weighted by Crippen LogP contribution is -2.46. The number of anilines is 2. The SMILES string of the molecule is CCN1CCN(c2ccc(NC(=O)COC(=O)c3cccc(Cl)c3)cc2)CC1. The van der Waals surface area contributed by atoms with Crippen molar-refractivity contribution in [1.29, 1.82) is 0 Å². The number of halogens is 1. The van der Waals surface area contributed by atoms with Crippen LogP contribution in [0.1, 0.15) is 17.3 Å². The van der Waals surface area contributed by atoms with Gasteiger partial charge >= 0.3 is 5.97 Å².